The highest BCUT2D eigenvalue weighted by Gasteiger charge is 2.10. The normalized spacial score (nSPS) is 11.1. The molecule has 5 nitrogen and oxygen atoms in total. The van der Waals surface area contributed by atoms with Gasteiger partial charge >= 0.3 is 0 Å². The number of nitrogens with zero attached hydrogens (tertiary/aromatic N) is 2. The molecule has 0 atom stereocenters. The van der Waals surface area contributed by atoms with Crippen LogP contribution in [0.2, 0.25) is 15.1 Å². The van der Waals surface area contributed by atoms with E-state index in [0.29, 0.717) is 32.1 Å². The lowest BCUT2D eigenvalue weighted by atomic mass is 10.1. The zero-order valence-corrected chi connectivity index (χ0v) is 20.3. The van der Waals surface area contributed by atoms with Gasteiger partial charge in [0.1, 0.15) is 18.1 Å². The van der Waals surface area contributed by atoms with Crippen LogP contribution in [0.4, 0.5) is 0 Å². The van der Waals surface area contributed by atoms with Crippen molar-refractivity contribution in [1.29, 1.82) is 0 Å². The van der Waals surface area contributed by atoms with Crippen molar-refractivity contribution in [2.24, 2.45) is 0 Å². The summed E-state index contributed by atoms with van der Waals surface area (Å²) in [6, 6.07) is 16.0. The molecule has 0 unspecified atom stereocenters. The van der Waals surface area contributed by atoms with Crippen LogP contribution in [0.3, 0.4) is 0 Å². The van der Waals surface area contributed by atoms with Gasteiger partial charge in [-0.2, -0.15) is 0 Å². The maximum atomic E-state index is 12.6. The maximum Gasteiger partial charge on any atom is 0.185 e. The summed E-state index contributed by atoms with van der Waals surface area (Å²) in [5.74, 6) is 0.955. The van der Waals surface area contributed by atoms with E-state index in [1.165, 1.54) is 12.1 Å². The van der Waals surface area contributed by atoms with Crippen LogP contribution in [0.15, 0.2) is 79.4 Å². The summed E-state index contributed by atoms with van der Waals surface area (Å²) in [7, 11) is 1.58. The number of allylic oxidation sites excluding steroid dienone is 1. The van der Waals surface area contributed by atoms with Crippen LogP contribution in [0.1, 0.15) is 21.5 Å². The molecule has 0 aliphatic heterocycles. The summed E-state index contributed by atoms with van der Waals surface area (Å²) < 4.78 is 13.2. The van der Waals surface area contributed by atoms with E-state index in [4.69, 9.17) is 44.3 Å². The Balaban J connectivity index is 1.47. The van der Waals surface area contributed by atoms with Gasteiger partial charge in [0.05, 0.1) is 28.5 Å². The van der Waals surface area contributed by atoms with Crippen LogP contribution >= 0.6 is 34.8 Å². The van der Waals surface area contributed by atoms with Crippen molar-refractivity contribution in [3.63, 3.8) is 0 Å². The van der Waals surface area contributed by atoms with E-state index in [-0.39, 0.29) is 12.4 Å². The second-order valence-corrected chi connectivity index (χ2v) is 8.49. The van der Waals surface area contributed by atoms with E-state index >= 15 is 0 Å². The average Bonchev–Trinajstić information content (AvgIpc) is 3.39. The van der Waals surface area contributed by atoms with Crippen molar-refractivity contribution < 1.29 is 14.3 Å². The first-order valence-electron chi connectivity index (χ1n) is 10.2. The molecule has 0 radical (unpaired) electrons. The second-order valence-electron chi connectivity index (χ2n) is 7.27. The molecule has 1 heterocycles. The number of methoxy groups -OCH3 is 1. The quantitative estimate of drug-likeness (QED) is 0.141. The lowest BCUT2D eigenvalue weighted by Crippen LogP contribution is -2.00. The van der Waals surface area contributed by atoms with Gasteiger partial charge in [0.2, 0.25) is 0 Å². The Bertz CT molecular complexity index is 1330. The third kappa shape index (κ3) is 5.62. The molecule has 3 aromatic carbocycles. The van der Waals surface area contributed by atoms with Crippen molar-refractivity contribution in [3.8, 4) is 17.2 Å². The monoisotopic (exact) mass is 512 g/mol. The van der Waals surface area contributed by atoms with E-state index < -0.39 is 0 Å². The van der Waals surface area contributed by atoms with Gasteiger partial charge in [0.25, 0.3) is 0 Å². The number of hydrogen-bond donors (Lipinski definition) is 0. The summed E-state index contributed by atoms with van der Waals surface area (Å²) in [6.45, 7) is 0.187. The number of aromatic nitrogens is 2. The number of rotatable bonds is 8. The highest BCUT2D eigenvalue weighted by Crippen LogP contribution is 2.34. The molecule has 0 amide bonds. The smallest absolute Gasteiger partial charge is 0.185 e. The van der Waals surface area contributed by atoms with Crippen molar-refractivity contribution in [3.05, 3.63) is 111 Å². The standard InChI is InChI=1S/C26H19Cl3N2O3/c1-33-25-9-3-17(12-19(25)15-34-26-14-22(28)21(27)13-23(26)29)2-8-24(32)18-4-6-20(7-5-18)31-11-10-30-16-31/h2-14,16H,15H2,1H3/b8-2+. The van der Waals surface area contributed by atoms with Crippen LogP contribution in [-0.2, 0) is 6.61 Å². The minimum absolute atomic E-state index is 0.103. The Kier molecular flexibility index (Phi) is 7.58. The summed E-state index contributed by atoms with van der Waals surface area (Å²) in [4.78, 5) is 16.7. The largest absolute Gasteiger partial charge is 0.496 e. The first-order valence-corrected chi connectivity index (χ1v) is 11.3. The van der Waals surface area contributed by atoms with Gasteiger partial charge in [-0.1, -0.05) is 46.9 Å². The van der Waals surface area contributed by atoms with Crippen LogP contribution in [-0.4, -0.2) is 22.4 Å². The first kappa shape index (κ1) is 23.9. The number of halogens is 3. The van der Waals surface area contributed by atoms with Crippen molar-refractivity contribution >= 4 is 46.7 Å². The number of ether oxygens (including phenoxy) is 2. The summed E-state index contributed by atoms with van der Waals surface area (Å²) in [6.07, 6.45) is 8.54. The van der Waals surface area contributed by atoms with Crippen LogP contribution in [0.5, 0.6) is 11.5 Å². The van der Waals surface area contributed by atoms with Crippen LogP contribution in [0, 0.1) is 0 Å². The fourth-order valence-corrected chi connectivity index (χ4v) is 3.85. The highest BCUT2D eigenvalue weighted by molar-refractivity contribution is 6.43. The van der Waals surface area contributed by atoms with Gasteiger partial charge in [-0.3, -0.25) is 4.79 Å². The Morgan fingerprint density at radius 3 is 2.44 bits per heavy atom. The SMILES string of the molecule is COc1ccc(/C=C/C(=O)c2ccc(-n3ccnc3)cc2)cc1COc1cc(Cl)c(Cl)cc1Cl. The van der Waals surface area contributed by atoms with Crippen LogP contribution < -0.4 is 9.47 Å². The first-order chi connectivity index (χ1) is 16.4. The number of hydrogen-bond acceptors (Lipinski definition) is 4. The number of carbonyl (C=O) groups excluding carboxylic acids is 1. The molecule has 0 N–H and O–H groups in total. The molecule has 0 aliphatic carbocycles. The molecule has 0 saturated carbocycles. The molecule has 4 rings (SSSR count). The van der Waals surface area contributed by atoms with Gasteiger partial charge in [-0.05, 0) is 54.1 Å². The fraction of sp³-hybridized carbons (Fsp3) is 0.0769. The van der Waals surface area contributed by atoms with E-state index in [2.05, 4.69) is 4.98 Å². The molecule has 0 aliphatic rings. The molecule has 172 valence electrons. The fourth-order valence-electron chi connectivity index (χ4n) is 3.26. The van der Waals surface area contributed by atoms with Gasteiger partial charge in [0, 0.05) is 35.3 Å². The minimum Gasteiger partial charge on any atom is -0.496 e. The van der Waals surface area contributed by atoms with E-state index in [0.717, 1.165) is 16.8 Å². The maximum absolute atomic E-state index is 12.6. The van der Waals surface area contributed by atoms with Crippen molar-refractivity contribution in [1.82, 2.24) is 9.55 Å². The number of benzene rings is 3. The molecule has 1 aromatic heterocycles. The Morgan fingerprint density at radius 2 is 1.74 bits per heavy atom. The molecule has 4 aromatic rings. The zero-order chi connectivity index (χ0) is 24.1. The highest BCUT2D eigenvalue weighted by atomic mass is 35.5. The Labute approximate surface area is 212 Å². The molecule has 0 fully saturated rings. The number of imidazole rings is 1. The van der Waals surface area contributed by atoms with Gasteiger partial charge in [-0.25, -0.2) is 4.98 Å². The lowest BCUT2D eigenvalue weighted by Gasteiger charge is -2.13. The molecule has 0 bridgehead atoms. The minimum atomic E-state index is -0.103. The third-order valence-electron chi connectivity index (χ3n) is 5.04. The van der Waals surface area contributed by atoms with Crippen molar-refractivity contribution in [2.45, 2.75) is 6.61 Å². The Morgan fingerprint density at radius 1 is 0.971 bits per heavy atom. The second kappa shape index (κ2) is 10.8. The van der Waals surface area contributed by atoms with Gasteiger partial charge in [0.15, 0.2) is 5.78 Å². The molecular formula is C26H19Cl3N2O3. The van der Waals surface area contributed by atoms with E-state index in [1.54, 1.807) is 43.9 Å². The zero-order valence-electron chi connectivity index (χ0n) is 18.0. The predicted molar refractivity (Wildman–Crippen MR) is 136 cm³/mol. The van der Waals surface area contributed by atoms with E-state index in [9.17, 15) is 4.79 Å². The number of carbonyl (C=O) groups is 1. The van der Waals surface area contributed by atoms with Crippen molar-refractivity contribution in [2.75, 3.05) is 7.11 Å². The van der Waals surface area contributed by atoms with Gasteiger partial charge in [-0.15, -0.1) is 0 Å². The van der Waals surface area contributed by atoms with Crippen LogP contribution in [0.25, 0.3) is 11.8 Å². The molecule has 34 heavy (non-hydrogen) atoms. The third-order valence-corrected chi connectivity index (χ3v) is 6.06. The summed E-state index contributed by atoms with van der Waals surface area (Å²) in [5.41, 5.74) is 3.12. The molecular weight excluding hydrogens is 495 g/mol. The Hall–Kier alpha value is -3.25. The average molecular weight is 514 g/mol. The predicted octanol–water partition coefficient (Wildman–Crippen LogP) is 7.32. The molecule has 0 spiro atoms. The molecule has 8 heteroatoms. The lowest BCUT2D eigenvalue weighted by molar-refractivity contribution is 0.104. The number of ketones is 1. The molecule has 0 saturated heterocycles. The van der Waals surface area contributed by atoms with Gasteiger partial charge < -0.3 is 14.0 Å². The summed E-state index contributed by atoms with van der Waals surface area (Å²) in [5, 5.41) is 1.06. The summed E-state index contributed by atoms with van der Waals surface area (Å²) >= 11 is 18.2. The van der Waals surface area contributed by atoms with E-state index in [1.807, 2.05) is 41.1 Å². The topological polar surface area (TPSA) is 53.4 Å².